The van der Waals surface area contributed by atoms with E-state index in [4.69, 9.17) is 0 Å². The molecule has 0 spiro atoms. The lowest BCUT2D eigenvalue weighted by Crippen LogP contribution is -2.37. The number of hydrazone groups is 1. The first kappa shape index (κ1) is 17.8. The second-order valence-electron chi connectivity index (χ2n) is 4.82. The predicted molar refractivity (Wildman–Crippen MR) is 89.6 cm³/mol. The van der Waals surface area contributed by atoms with Crippen LogP contribution in [-0.4, -0.2) is 36.1 Å². The summed E-state index contributed by atoms with van der Waals surface area (Å²) in [7, 11) is 1.30. The molecule has 128 valence electrons. The van der Waals surface area contributed by atoms with Crippen LogP contribution >= 0.6 is 0 Å². The van der Waals surface area contributed by atoms with Crippen molar-refractivity contribution in [3.8, 4) is 0 Å². The Labute approximate surface area is 143 Å². The fourth-order valence-corrected chi connectivity index (χ4v) is 1.79. The molecule has 0 aliphatic carbocycles. The highest BCUT2D eigenvalue weighted by atomic mass is 16.5. The number of carbonyl (C=O) groups is 3. The average Bonchev–Trinajstić information content (AvgIpc) is 2.66. The average molecular weight is 340 g/mol. The van der Waals surface area contributed by atoms with Crippen molar-refractivity contribution in [1.29, 1.82) is 0 Å². The zero-order valence-electron chi connectivity index (χ0n) is 13.4. The van der Waals surface area contributed by atoms with Crippen molar-refractivity contribution in [3.05, 3.63) is 65.5 Å². The van der Waals surface area contributed by atoms with Gasteiger partial charge in [0.05, 0.1) is 31.1 Å². The maximum absolute atomic E-state index is 11.6. The number of ether oxygens (including phenoxy) is 1. The van der Waals surface area contributed by atoms with Gasteiger partial charge in [0.15, 0.2) is 0 Å². The molecule has 0 radical (unpaired) electrons. The van der Waals surface area contributed by atoms with Gasteiger partial charge in [0.25, 0.3) is 0 Å². The molecule has 0 atom stereocenters. The summed E-state index contributed by atoms with van der Waals surface area (Å²) in [6.07, 6.45) is 2.95. The third-order valence-corrected chi connectivity index (χ3v) is 3.07. The molecule has 0 saturated heterocycles. The second-order valence-corrected chi connectivity index (χ2v) is 4.82. The molecule has 2 rings (SSSR count). The Morgan fingerprint density at radius 1 is 1.12 bits per heavy atom. The molecule has 1 aromatic heterocycles. The Bertz CT molecular complexity index is 773. The highest BCUT2D eigenvalue weighted by molar-refractivity contribution is 6.35. The number of aromatic nitrogens is 1. The Balaban J connectivity index is 1.81. The van der Waals surface area contributed by atoms with E-state index in [2.05, 4.69) is 25.6 Å². The molecule has 2 aromatic rings. The third kappa shape index (κ3) is 5.54. The van der Waals surface area contributed by atoms with Gasteiger partial charge in [-0.1, -0.05) is 18.2 Å². The van der Waals surface area contributed by atoms with Gasteiger partial charge in [-0.15, -0.1) is 0 Å². The van der Waals surface area contributed by atoms with Crippen molar-refractivity contribution in [2.75, 3.05) is 7.11 Å². The number of nitrogens with zero attached hydrogens (tertiary/aromatic N) is 2. The van der Waals surface area contributed by atoms with Crippen LogP contribution in [0.3, 0.4) is 0 Å². The van der Waals surface area contributed by atoms with E-state index < -0.39 is 17.8 Å². The summed E-state index contributed by atoms with van der Waals surface area (Å²) in [6, 6.07) is 11.7. The van der Waals surface area contributed by atoms with E-state index in [0.717, 1.165) is 0 Å². The van der Waals surface area contributed by atoms with Crippen molar-refractivity contribution in [2.24, 2.45) is 5.10 Å². The number of carbonyl (C=O) groups excluding carboxylic acids is 3. The fourth-order valence-electron chi connectivity index (χ4n) is 1.79. The number of methoxy groups -OCH3 is 1. The van der Waals surface area contributed by atoms with Crippen molar-refractivity contribution in [1.82, 2.24) is 15.7 Å². The molecule has 8 heteroatoms. The normalized spacial score (nSPS) is 10.3. The molecule has 0 unspecified atom stereocenters. The molecule has 0 fully saturated rings. The van der Waals surface area contributed by atoms with Crippen LogP contribution in [0.1, 0.15) is 21.6 Å². The zero-order valence-corrected chi connectivity index (χ0v) is 13.4. The largest absolute Gasteiger partial charge is 0.465 e. The monoisotopic (exact) mass is 340 g/mol. The zero-order chi connectivity index (χ0) is 18.1. The Morgan fingerprint density at radius 2 is 1.88 bits per heavy atom. The van der Waals surface area contributed by atoms with Gasteiger partial charge in [-0.05, 0) is 29.8 Å². The molecule has 2 amide bonds. The lowest BCUT2D eigenvalue weighted by Gasteiger charge is -2.03. The third-order valence-electron chi connectivity index (χ3n) is 3.07. The van der Waals surface area contributed by atoms with Crippen molar-refractivity contribution >= 4 is 24.0 Å². The summed E-state index contributed by atoms with van der Waals surface area (Å²) in [5.41, 5.74) is 3.80. The van der Waals surface area contributed by atoms with E-state index >= 15 is 0 Å². The summed E-state index contributed by atoms with van der Waals surface area (Å²) in [4.78, 5) is 38.6. The highest BCUT2D eigenvalue weighted by Gasteiger charge is 2.12. The molecule has 0 aliphatic rings. The van der Waals surface area contributed by atoms with Gasteiger partial charge < -0.3 is 10.1 Å². The summed E-state index contributed by atoms with van der Waals surface area (Å²) >= 11 is 0. The molecule has 0 saturated carbocycles. The molecule has 1 heterocycles. The van der Waals surface area contributed by atoms with Gasteiger partial charge in [0.1, 0.15) is 0 Å². The number of esters is 1. The van der Waals surface area contributed by atoms with E-state index in [0.29, 0.717) is 16.8 Å². The first-order valence-corrected chi connectivity index (χ1v) is 7.29. The molecule has 25 heavy (non-hydrogen) atoms. The number of amides is 2. The lowest BCUT2D eigenvalue weighted by molar-refractivity contribution is -0.139. The van der Waals surface area contributed by atoms with Gasteiger partial charge in [0.2, 0.25) is 0 Å². The SMILES string of the molecule is COC(=O)c1ccc(/C=N\NC(=O)C(=O)NCc2ccccn2)cc1. The number of hydrogen-bond donors (Lipinski definition) is 2. The molecule has 1 aromatic carbocycles. The topological polar surface area (TPSA) is 110 Å². The fraction of sp³-hybridized carbons (Fsp3) is 0.118. The second kappa shape index (κ2) is 8.92. The maximum Gasteiger partial charge on any atom is 0.337 e. The Morgan fingerprint density at radius 3 is 2.52 bits per heavy atom. The first-order valence-electron chi connectivity index (χ1n) is 7.29. The minimum absolute atomic E-state index is 0.145. The van der Waals surface area contributed by atoms with Crippen LogP contribution in [-0.2, 0) is 20.9 Å². The molecule has 0 aliphatic heterocycles. The van der Waals surface area contributed by atoms with E-state index in [9.17, 15) is 14.4 Å². The molecule has 8 nitrogen and oxygen atoms in total. The van der Waals surface area contributed by atoms with Gasteiger partial charge in [0, 0.05) is 6.20 Å². The number of hydrogen-bond acceptors (Lipinski definition) is 6. The minimum atomic E-state index is -0.890. The predicted octanol–water partition coefficient (Wildman–Crippen LogP) is 0.635. The van der Waals surface area contributed by atoms with Gasteiger partial charge >= 0.3 is 17.8 Å². The molecule has 2 N–H and O–H groups in total. The van der Waals surface area contributed by atoms with Crippen molar-refractivity contribution in [2.45, 2.75) is 6.54 Å². The minimum Gasteiger partial charge on any atom is -0.465 e. The molecular formula is C17H16N4O4. The number of rotatable bonds is 5. The molecule has 0 bridgehead atoms. The number of pyridine rings is 1. The Kier molecular flexibility index (Phi) is 6.35. The van der Waals surface area contributed by atoms with Crippen LogP contribution in [0.25, 0.3) is 0 Å². The van der Waals surface area contributed by atoms with Crippen LogP contribution in [0, 0.1) is 0 Å². The number of nitrogens with one attached hydrogen (secondary N) is 2. The maximum atomic E-state index is 11.6. The first-order chi connectivity index (χ1) is 12.1. The summed E-state index contributed by atoms with van der Waals surface area (Å²) < 4.78 is 4.59. The smallest absolute Gasteiger partial charge is 0.337 e. The van der Waals surface area contributed by atoms with Crippen molar-refractivity contribution in [3.63, 3.8) is 0 Å². The van der Waals surface area contributed by atoms with Crippen LogP contribution in [0.15, 0.2) is 53.8 Å². The van der Waals surface area contributed by atoms with Crippen LogP contribution in [0.2, 0.25) is 0 Å². The summed E-state index contributed by atoms with van der Waals surface area (Å²) in [6.45, 7) is 0.145. The quantitative estimate of drug-likeness (QED) is 0.359. The Hall–Kier alpha value is -3.55. The van der Waals surface area contributed by atoms with Crippen LogP contribution in [0.5, 0.6) is 0 Å². The van der Waals surface area contributed by atoms with E-state index in [1.165, 1.54) is 13.3 Å². The lowest BCUT2D eigenvalue weighted by atomic mass is 10.1. The summed E-state index contributed by atoms with van der Waals surface area (Å²) in [5.74, 6) is -2.15. The highest BCUT2D eigenvalue weighted by Crippen LogP contribution is 2.03. The summed E-state index contributed by atoms with van der Waals surface area (Å²) in [5, 5.41) is 6.13. The van der Waals surface area contributed by atoms with E-state index in [1.807, 2.05) is 0 Å². The van der Waals surface area contributed by atoms with Gasteiger partial charge in [-0.2, -0.15) is 5.10 Å². The van der Waals surface area contributed by atoms with Crippen LogP contribution in [0.4, 0.5) is 0 Å². The van der Waals surface area contributed by atoms with Gasteiger partial charge in [-0.25, -0.2) is 10.2 Å². The van der Waals surface area contributed by atoms with Crippen LogP contribution < -0.4 is 10.7 Å². The molecular weight excluding hydrogens is 324 g/mol. The standard InChI is InChI=1S/C17H16N4O4/c1-25-17(24)13-7-5-12(6-8-13)10-20-21-16(23)15(22)19-11-14-4-2-3-9-18-14/h2-10H,11H2,1H3,(H,19,22)(H,21,23)/b20-10-. The van der Waals surface area contributed by atoms with E-state index in [-0.39, 0.29) is 6.54 Å². The van der Waals surface area contributed by atoms with Crippen molar-refractivity contribution < 1.29 is 19.1 Å². The van der Waals surface area contributed by atoms with Gasteiger partial charge in [-0.3, -0.25) is 14.6 Å². The van der Waals surface area contributed by atoms with E-state index in [1.54, 1.807) is 48.7 Å². The number of benzene rings is 1.